The van der Waals surface area contributed by atoms with Crippen LogP contribution in [0.3, 0.4) is 0 Å². The van der Waals surface area contributed by atoms with E-state index in [0.717, 1.165) is 18.8 Å². The molecule has 4 heteroatoms. The predicted molar refractivity (Wildman–Crippen MR) is 70.0 cm³/mol. The van der Waals surface area contributed by atoms with Crippen LogP contribution < -0.4 is 11.3 Å². The minimum Gasteiger partial charge on any atom is -0.271 e. The van der Waals surface area contributed by atoms with Gasteiger partial charge in [-0.25, -0.2) is 4.39 Å². The summed E-state index contributed by atoms with van der Waals surface area (Å²) in [7, 11) is 0. The van der Waals surface area contributed by atoms with Crippen LogP contribution in [0.25, 0.3) is 0 Å². The fourth-order valence-corrected chi connectivity index (χ4v) is 3.12. The first kappa shape index (κ1) is 13.4. The van der Waals surface area contributed by atoms with Gasteiger partial charge in [-0.05, 0) is 30.7 Å². The molecule has 0 bridgehead atoms. The maximum Gasteiger partial charge on any atom is 0.146 e. The van der Waals surface area contributed by atoms with Crippen molar-refractivity contribution in [1.29, 1.82) is 0 Å². The number of nitrogens with two attached hydrogens (primary N) is 1. The monoisotopic (exact) mass is 251 g/mol. The van der Waals surface area contributed by atoms with Crippen LogP contribution in [0.5, 0.6) is 0 Å². The molecule has 0 radical (unpaired) electrons. The summed E-state index contributed by atoms with van der Waals surface area (Å²) in [5, 5.41) is 0. The van der Waals surface area contributed by atoms with Gasteiger partial charge in [0.2, 0.25) is 0 Å². The van der Waals surface area contributed by atoms with E-state index < -0.39 is 0 Å². The number of nitrogens with zero attached hydrogens (tertiary/aromatic N) is 1. The van der Waals surface area contributed by atoms with Gasteiger partial charge in [0.05, 0.1) is 12.2 Å². The topological polar surface area (TPSA) is 50.9 Å². The van der Waals surface area contributed by atoms with E-state index in [1.807, 2.05) is 0 Å². The van der Waals surface area contributed by atoms with E-state index in [9.17, 15) is 4.39 Å². The number of aromatic nitrogens is 1. The fourth-order valence-electron chi connectivity index (χ4n) is 3.12. The van der Waals surface area contributed by atoms with Crippen molar-refractivity contribution in [1.82, 2.24) is 10.4 Å². The Morgan fingerprint density at radius 2 is 2.39 bits per heavy atom. The third kappa shape index (κ3) is 2.87. The second kappa shape index (κ2) is 6.25. The molecule has 0 spiro atoms. The number of nitrogens with one attached hydrogen (secondary N) is 1. The number of hydrazine groups is 1. The van der Waals surface area contributed by atoms with Crippen LogP contribution in [-0.2, 0) is 0 Å². The maximum absolute atomic E-state index is 13.8. The Bertz CT molecular complexity index is 383. The van der Waals surface area contributed by atoms with E-state index in [-0.39, 0.29) is 11.9 Å². The van der Waals surface area contributed by atoms with Crippen molar-refractivity contribution in [2.24, 2.45) is 17.7 Å². The average molecular weight is 251 g/mol. The van der Waals surface area contributed by atoms with E-state index >= 15 is 0 Å². The molecule has 100 valence electrons. The molecular formula is C14H22FN3. The zero-order valence-corrected chi connectivity index (χ0v) is 10.9. The Labute approximate surface area is 108 Å². The highest BCUT2D eigenvalue weighted by atomic mass is 19.1. The minimum absolute atomic E-state index is 0.0950. The number of rotatable bonds is 4. The highest BCUT2D eigenvalue weighted by Crippen LogP contribution is 2.38. The number of pyridine rings is 1. The van der Waals surface area contributed by atoms with Gasteiger partial charge in [-0.15, -0.1) is 0 Å². The molecule has 0 aliphatic heterocycles. The first-order chi connectivity index (χ1) is 8.76. The van der Waals surface area contributed by atoms with Crippen LogP contribution in [0.2, 0.25) is 0 Å². The van der Waals surface area contributed by atoms with Gasteiger partial charge < -0.3 is 0 Å². The quantitative estimate of drug-likeness (QED) is 0.639. The molecule has 1 heterocycles. The molecule has 1 saturated carbocycles. The standard InChI is InChI=1S/C14H22FN3/c1-2-10-4-3-5-11(8-10)14(18-16)12-6-7-17-9-13(12)15/h6-7,9-11,14,18H,2-5,8,16H2,1H3. The van der Waals surface area contributed by atoms with E-state index in [1.54, 1.807) is 12.3 Å². The Hall–Kier alpha value is -1.00. The van der Waals surface area contributed by atoms with Gasteiger partial charge in [0.1, 0.15) is 5.82 Å². The molecule has 18 heavy (non-hydrogen) atoms. The molecule has 3 nitrogen and oxygen atoms in total. The summed E-state index contributed by atoms with van der Waals surface area (Å²) in [4.78, 5) is 3.79. The second-order valence-electron chi connectivity index (χ2n) is 5.24. The molecule has 3 N–H and O–H groups in total. The van der Waals surface area contributed by atoms with E-state index in [4.69, 9.17) is 5.84 Å². The van der Waals surface area contributed by atoms with Gasteiger partial charge in [-0.1, -0.05) is 26.2 Å². The Morgan fingerprint density at radius 1 is 1.56 bits per heavy atom. The normalized spacial score (nSPS) is 25.9. The molecule has 3 unspecified atom stereocenters. The van der Waals surface area contributed by atoms with Crippen molar-refractivity contribution >= 4 is 0 Å². The van der Waals surface area contributed by atoms with Crippen LogP contribution in [-0.4, -0.2) is 4.98 Å². The van der Waals surface area contributed by atoms with Crippen LogP contribution in [0.15, 0.2) is 18.5 Å². The van der Waals surface area contributed by atoms with E-state index in [1.165, 1.54) is 25.5 Å². The summed E-state index contributed by atoms with van der Waals surface area (Å²) in [6, 6.07) is 1.64. The molecular weight excluding hydrogens is 229 g/mol. The molecule has 1 aromatic heterocycles. The highest BCUT2D eigenvalue weighted by Gasteiger charge is 2.29. The van der Waals surface area contributed by atoms with Crippen molar-refractivity contribution in [2.45, 2.75) is 45.1 Å². The molecule has 0 aromatic carbocycles. The predicted octanol–water partition coefficient (Wildman–Crippen LogP) is 2.94. The average Bonchev–Trinajstić information content (AvgIpc) is 2.42. The highest BCUT2D eigenvalue weighted by molar-refractivity contribution is 5.18. The van der Waals surface area contributed by atoms with Crippen molar-refractivity contribution in [3.63, 3.8) is 0 Å². The first-order valence-corrected chi connectivity index (χ1v) is 6.81. The number of hydrogen-bond donors (Lipinski definition) is 2. The molecule has 1 aromatic rings. The van der Waals surface area contributed by atoms with Gasteiger partial charge in [0.15, 0.2) is 0 Å². The first-order valence-electron chi connectivity index (χ1n) is 6.81. The molecule has 2 rings (SSSR count). The third-order valence-corrected chi connectivity index (χ3v) is 4.19. The van der Waals surface area contributed by atoms with Crippen molar-refractivity contribution in [3.8, 4) is 0 Å². The van der Waals surface area contributed by atoms with E-state index in [2.05, 4.69) is 17.3 Å². The van der Waals surface area contributed by atoms with Gasteiger partial charge in [0.25, 0.3) is 0 Å². The van der Waals surface area contributed by atoms with Crippen LogP contribution in [0, 0.1) is 17.7 Å². The second-order valence-corrected chi connectivity index (χ2v) is 5.24. The number of halogens is 1. The van der Waals surface area contributed by atoms with Crippen LogP contribution in [0.1, 0.15) is 50.6 Å². The summed E-state index contributed by atoms with van der Waals surface area (Å²) < 4.78 is 13.8. The molecule has 1 aliphatic carbocycles. The molecule has 0 amide bonds. The van der Waals surface area contributed by atoms with Crippen molar-refractivity contribution in [3.05, 3.63) is 29.8 Å². The zero-order valence-electron chi connectivity index (χ0n) is 10.9. The van der Waals surface area contributed by atoms with Crippen LogP contribution in [0.4, 0.5) is 4.39 Å². The lowest BCUT2D eigenvalue weighted by molar-refractivity contribution is 0.207. The van der Waals surface area contributed by atoms with Crippen LogP contribution >= 0.6 is 0 Å². The fraction of sp³-hybridized carbons (Fsp3) is 0.643. The van der Waals surface area contributed by atoms with E-state index in [0.29, 0.717) is 11.5 Å². The Balaban J connectivity index is 2.15. The summed E-state index contributed by atoms with van der Waals surface area (Å²) in [6.07, 6.45) is 8.85. The lowest BCUT2D eigenvalue weighted by Crippen LogP contribution is -2.36. The third-order valence-electron chi connectivity index (χ3n) is 4.19. The van der Waals surface area contributed by atoms with Crippen molar-refractivity contribution in [2.75, 3.05) is 0 Å². The molecule has 1 aliphatic rings. The Kier molecular flexibility index (Phi) is 4.66. The van der Waals surface area contributed by atoms with Gasteiger partial charge >= 0.3 is 0 Å². The van der Waals surface area contributed by atoms with Crippen molar-refractivity contribution < 1.29 is 4.39 Å². The summed E-state index contributed by atoms with van der Waals surface area (Å²) in [6.45, 7) is 2.23. The summed E-state index contributed by atoms with van der Waals surface area (Å²) in [5.74, 6) is 6.57. The molecule has 0 saturated heterocycles. The minimum atomic E-state index is -0.265. The smallest absolute Gasteiger partial charge is 0.146 e. The molecule has 3 atom stereocenters. The maximum atomic E-state index is 13.8. The van der Waals surface area contributed by atoms with Gasteiger partial charge in [0, 0.05) is 11.8 Å². The number of hydrogen-bond acceptors (Lipinski definition) is 3. The SMILES string of the molecule is CCC1CCCC(C(NN)c2ccncc2F)C1. The molecule has 1 fully saturated rings. The van der Waals surface area contributed by atoms with Gasteiger partial charge in [-0.3, -0.25) is 16.3 Å². The van der Waals surface area contributed by atoms with Gasteiger partial charge in [-0.2, -0.15) is 0 Å². The zero-order chi connectivity index (χ0) is 13.0. The largest absolute Gasteiger partial charge is 0.271 e. The lowest BCUT2D eigenvalue weighted by Gasteiger charge is -2.34. The lowest BCUT2D eigenvalue weighted by atomic mass is 9.75. The Morgan fingerprint density at radius 3 is 3.06 bits per heavy atom. The summed E-state index contributed by atoms with van der Waals surface area (Å²) in [5.41, 5.74) is 3.45. The summed E-state index contributed by atoms with van der Waals surface area (Å²) >= 11 is 0.